The minimum atomic E-state index is 0. The maximum absolute atomic E-state index is 8.36. The summed E-state index contributed by atoms with van der Waals surface area (Å²) in [6, 6.07) is 0. The SMILES string of the molecule is [O-2].[O-2].[O]=[Bi+].[Zn+2].[Zn+2]. The molecular weight excluding hydrogens is 388 g/mol. The van der Waals surface area contributed by atoms with Gasteiger partial charge in [0.25, 0.3) is 0 Å². The van der Waals surface area contributed by atoms with Crippen LogP contribution in [0.3, 0.4) is 0 Å². The average molecular weight is 388 g/mol. The Morgan fingerprint density at radius 3 is 0.833 bits per heavy atom. The molecule has 0 atom stereocenters. The minimum Gasteiger partial charge on any atom is 2.00 e. The molecule has 0 amide bonds. The molecule has 0 spiro atoms. The van der Waals surface area contributed by atoms with Crippen molar-refractivity contribution in [3.05, 3.63) is 0 Å². The van der Waals surface area contributed by atoms with Gasteiger partial charge in [0.1, 0.15) is 0 Å². The number of hydrogen-bond acceptors (Lipinski definition) is 1. The van der Waals surface area contributed by atoms with Crippen LogP contribution < -0.4 is 0 Å². The van der Waals surface area contributed by atoms with Crippen molar-refractivity contribution in [3.63, 3.8) is 0 Å². The fourth-order valence-corrected chi connectivity index (χ4v) is 0. The summed E-state index contributed by atoms with van der Waals surface area (Å²) in [6.45, 7) is 0. The van der Waals surface area contributed by atoms with Gasteiger partial charge in [0.05, 0.1) is 0 Å². The fourth-order valence-electron chi connectivity index (χ4n) is 0. The van der Waals surface area contributed by atoms with E-state index < -0.39 is 0 Å². The zero-order valence-corrected chi connectivity index (χ0v) is 12.5. The monoisotopic (exact) mass is 385 g/mol. The fraction of sp³-hybridized carbons (Fsp3) is 0. The Kier molecular flexibility index (Phi) is 518. The molecule has 2 radical (unpaired) electrons. The van der Waals surface area contributed by atoms with Crippen LogP contribution in [0.5, 0.6) is 0 Å². The second-order valence-corrected chi connectivity index (χ2v) is 0. The summed E-state index contributed by atoms with van der Waals surface area (Å²) in [7, 11) is 0. The second-order valence-electron chi connectivity index (χ2n) is 0. The van der Waals surface area contributed by atoms with Crippen LogP contribution in [0.4, 0.5) is 0 Å². The second kappa shape index (κ2) is 68.5. The van der Waals surface area contributed by atoms with Gasteiger partial charge in [-0.15, -0.1) is 0 Å². The van der Waals surface area contributed by atoms with E-state index in [4.69, 9.17) is 2.81 Å². The van der Waals surface area contributed by atoms with E-state index in [1.807, 2.05) is 0 Å². The van der Waals surface area contributed by atoms with Gasteiger partial charge in [0.2, 0.25) is 0 Å². The Morgan fingerprint density at radius 1 is 0.833 bits per heavy atom. The summed E-state index contributed by atoms with van der Waals surface area (Å²) < 4.78 is 8.36. The Bertz CT molecular complexity index is 8.75. The molecular formula is BiO3Zn2+. The van der Waals surface area contributed by atoms with Crippen LogP contribution in [-0.2, 0) is 52.7 Å². The summed E-state index contributed by atoms with van der Waals surface area (Å²) in [5.74, 6) is 0. The molecule has 0 aromatic rings. The van der Waals surface area contributed by atoms with Gasteiger partial charge >= 0.3 is 66.5 Å². The summed E-state index contributed by atoms with van der Waals surface area (Å²) in [6.07, 6.45) is 0. The van der Waals surface area contributed by atoms with Crippen LogP contribution in [0, 0.1) is 0 Å². The van der Waals surface area contributed by atoms with Crippen molar-refractivity contribution < 1.29 is 52.7 Å². The summed E-state index contributed by atoms with van der Waals surface area (Å²) in [4.78, 5) is 0. The third-order valence-electron chi connectivity index (χ3n) is 0. The molecule has 6 heteroatoms. The molecule has 0 bridgehead atoms. The van der Waals surface area contributed by atoms with Crippen molar-refractivity contribution in [2.75, 3.05) is 0 Å². The normalized spacial score (nSPS) is 0.667. The molecule has 0 aliphatic heterocycles. The van der Waals surface area contributed by atoms with E-state index in [-0.39, 0.29) is 74.6 Å². The van der Waals surface area contributed by atoms with Gasteiger partial charge in [-0.3, -0.25) is 0 Å². The maximum Gasteiger partial charge on any atom is 2.00 e. The van der Waals surface area contributed by atoms with Crippen LogP contribution in [0.25, 0.3) is 0 Å². The predicted octanol–water partition coefficient (Wildman–Crippen LogP) is -0.742. The Hall–Kier alpha value is 1.85. The summed E-state index contributed by atoms with van der Waals surface area (Å²) in [5, 5.41) is 0. The summed E-state index contributed by atoms with van der Waals surface area (Å²) >= 11 is 0.194. The molecule has 0 saturated heterocycles. The van der Waals surface area contributed by atoms with Gasteiger partial charge in [-0.05, 0) is 0 Å². The van der Waals surface area contributed by atoms with Crippen molar-refractivity contribution in [1.29, 1.82) is 0 Å². The van der Waals surface area contributed by atoms with Crippen LogP contribution in [0.1, 0.15) is 0 Å². The Morgan fingerprint density at radius 2 is 0.833 bits per heavy atom. The van der Waals surface area contributed by atoms with Gasteiger partial charge in [-0.25, -0.2) is 0 Å². The first-order valence-corrected chi connectivity index (χ1v) is 1.60. The molecule has 0 aliphatic rings. The van der Waals surface area contributed by atoms with E-state index in [1.54, 1.807) is 0 Å². The van der Waals surface area contributed by atoms with E-state index in [9.17, 15) is 0 Å². The van der Waals surface area contributed by atoms with Gasteiger partial charge < -0.3 is 11.0 Å². The first-order valence-electron chi connectivity index (χ1n) is 0.183. The standard InChI is InChI=1S/Bi.3O.2Zn/q+1;;2*-2;2*+2. The molecule has 0 aromatic carbocycles. The molecule has 0 saturated carbocycles. The van der Waals surface area contributed by atoms with E-state index in [0.717, 1.165) is 0 Å². The van der Waals surface area contributed by atoms with Gasteiger partial charge in [-0.1, -0.05) is 0 Å². The van der Waals surface area contributed by atoms with Crippen LogP contribution >= 0.6 is 0 Å². The Balaban J connectivity index is -0.000000000833. The largest absolute Gasteiger partial charge is 2.00 e. The molecule has 26 valence electrons. The molecule has 0 N–H and O–H groups in total. The van der Waals surface area contributed by atoms with Crippen molar-refractivity contribution in [1.82, 2.24) is 0 Å². The third-order valence-corrected chi connectivity index (χ3v) is 0. The van der Waals surface area contributed by atoms with Gasteiger partial charge in [-0.2, -0.15) is 0 Å². The van der Waals surface area contributed by atoms with Crippen LogP contribution in [0.15, 0.2) is 0 Å². The molecule has 0 rings (SSSR count). The van der Waals surface area contributed by atoms with Crippen molar-refractivity contribution >= 4 is 24.7 Å². The van der Waals surface area contributed by atoms with E-state index >= 15 is 0 Å². The molecule has 3 nitrogen and oxygen atoms in total. The van der Waals surface area contributed by atoms with Crippen LogP contribution in [-0.4, -0.2) is 24.7 Å². The van der Waals surface area contributed by atoms with E-state index in [1.165, 1.54) is 0 Å². The number of hydrogen-bond donors (Lipinski definition) is 0. The van der Waals surface area contributed by atoms with Crippen molar-refractivity contribution in [2.24, 2.45) is 0 Å². The van der Waals surface area contributed by atoms with Crippen molar-refractivity contribution in [3.8, 4) is 0 Å². The molecule has 6 heavy (non-hydrogen) atoms. The molecule has 0 unspecified atom stereocenters. The van der Waals surface area contributed by atoms with E-state index in [0.29, 0.717) is 0 Å². The molecule has 0 heterocycles. The number of rotatable bonds is 0. The molecule has 0 aromatic heterocycles. The third kappa shape index (κ3) is 40.2. The first kappa shape index (κ1) is 45.3. The zero-order valence-electron chi connectivity index (χ0n) is 3.09. The smallest absolute Gasteiger partial charge is 2.00 e. The predicted molar refractivity (Wildman–Crippen MR) is 7.81 cm³/mol. The molecule has 0 fully saturated rings. The topological polar surface area (TPSA) is 74.1 Å². The van der Waals surface area contributed by atoms with E-state index in [2.05, 4.69) is 0 Å². The van der Waals surface area contributed by atoms with Crippen LogP contribution in [0.2, 0.25) is 0 Å². The summed E-state index contributed by atoms with van der Waals surface area (Å²) in [5.41, 5.74) is 0. The average Bonchev–Trinajstić information content (AvgIpc) is 1.00. The van der Waals surface area contributed by atoms with Crippen molar-refractivity contribution in [2.45, 2.75) is 0 Å². The van der Waals surface area contributed by atoms with Gasteiger partial charge in [0, 0.05) is 0 Å². The first-order chi connectivity index (χ1) is 1.00. The minimum absolute atomic E-state index is 0. The zero-order chi connectivity index (χ0) is 2.00. The maximum atomic E-state index is 8.36. The quantitative estimate of drug-likeness (QED) is 0.504. The van der Waals surface area contributed by atoms with Gasteiger partial charge in [0.15, 0.2) is 0 Å². The Labute approximate surface area is 76.7 Å². The molecule has 0 aliphatic carbocycles.